The van der Waals surface area contributed by atoms with Gasteiger partial charge in [-0.25, -0.2) is 4.79 Å². The second-order valence-electron chi connectivity index (χ2n) is 5.90. The molecule has 0 unspecified atom stereocenters. The van der Waals surface area contributed by atoms with E-state index in [1.54, 1.807) is 4.90 Å². The zero-order chi connectivity index (χ0) is 16.4. The Morgan fingerprint density at radius 1 is 1.39 bits per heavy atom. The molecule has 1 fully saturated rings. The summed E-state index contributed by atoms with van der Waals surface area (Å²) < 4.78 is 6.12. The average Bonchev–Trinajstić information content (AvgIpc) is 2.90. The summed E-state index contributed by atoms with van der Waals surface area (Å²) in [5.41, 5.74) is 0. The Bertz CT molecular complexity index is 743. The Balaban J connectivity index is 1.64. The summed E-state index contributed by atoms with van der Waals surface area (Å²) in [4.78, 5) is 26.5. The first-order valence-corrected chi connectivity index (χ1v) is 8.87. The number of rotatable bonds is 3. The number of thiophene rings is 1. The topological polar surface area (TPSA) is 46.6 Å². The highest BCUT2D eigenvalue weighted by molar-refractivity contribution is 7.21. The van der Waals surface area contributed by atoms with Crippen molar-refractivity contribution in [1.29, 1.82) is 0 Å². The van der Waals surface area contributed by atoms with Crippen LogP contribution in [0.5, 0.6) is 0 Å². The number of hydrogen-bond donors (Lipinski definition) is 0. The predicted octanol–water partition coefficient (Wildman–Crippen LogP) is 3.97. The Hall–Kier alpha value is -1.59. The molecule has 2 heterocycles. The maximum Gasteiger partial charge on any atom is 0.350 e. The zero-order valence-corrected chi connectivity index (χ0v) is 14.5. The van der Waals surface area contributed by atoms with Crippen LogP contribution in [0.4, 0.5) is 0 Å². The standard InChI is InChI=1S/C17H18ClNO3S/c1-11-5-4-8-19(9-11)14(20)10-22-17(21)16-15(18)12-6-2-3-7-13(12)23-16/h2-3,6-7,11H,4-5,8-10H2,1H3/t11-/m1/s1. The highest BCUT2D eigenvalue weighted by Gasteiger charge is 2.23. The van der Waals surface area contributed by atoms with Crippen molar-refractivity contribution in [2.75, 3.05) is 19.7 Å². The molecule has 0 spiro atoms. The lowest BCUT2D eigenvalue weighted by Gasteiger charge is -2.30. The molecule has 23 heavy (non-hydrogen) atoms. The summed E-state index contributed by atoms with van der Waals surface area (Å²) >= 11 is 7.54. The number of likely N-dealkylation sites (tertiary alicyclic amines) is 1. The molecule has 122 valence electrons. The van der Waals surface area contributed by atoms with Crippen LogP contribution in [0, 0.1) is 5.92 Å². The Morgan fingerprint density at radius 2 is 2.17 bits per heavy atom. The molecule has 1 saturated heterocycles. The smallest absolute Gasteiger partial charge is 0.350 e. The van der Waals surface area contributed by atoms with E-state index in [1.165, 1.54) is 11.3 Å². The third kappa shape index (κ3) is 3.51. The Morgan fingerprint density at radius 3 is 2.91 bits per heavy atom. The first kappa shape index (κ1) is 16.3. The van der Waals surface area contributed by atoms with Gasteiger partial charge in [0.2, 0.25) is 0 Å². The van der Waals surface area contributed by atoms with Crippen molar-refractivity contribution < 1.29 is 14.3 Å². The minimum atomic E-state index is -0.533. The van der Waals surface area contributed by atoms with E-state index in [9.17, 15) is 9.59 Å². The number of amides is 1. The number of ether oxygens (including phenoxy) is 1. The molecule has 0 N–H and O–H groups in total. The summed E-state index contributed by atoms with van der Waals surface area (Å²) in [6.45, 7) is 3.38. The van der Waals surface area contributed by atoms with E-state index >= 15 is 0 Å². The van der Waals surface area contributed by atoms with E-state index in [2.05, 4.69) is 6.92 Å². The largest absolute Gasteiger partial charge is 0.451 e. The fraction of sp³-hybridized carbons (Fsp3) is 0.412. The molecular weight excluding hydrogens is 334 g/mol. The van der Waals surface area contributed by atoms with Gasteiger partial charge in [0.25, 0.3) is 5.91 Å². The zero-order valence-electron chi connectivity index (χ0n) is 12.9. The molecular formula is C17H18ClNO3S. The van der Waals surface area contributed by atoms with Gasteiger partial charge in [-0.2, -0.15) is 0 Å². The fourth-order valence-corrected chi connectivity index (χ4v) is 4.25. The van der Waals surface area contributed by atoms with E-state index in [0.29, 0.717) is 15.8 Å². The maximum absolute atomic E-state index is 12.2. The monoisotopic (exact) mass is 351 g/mol. The molecule has 1 aromatic carbocycles. The van der Waals surface area contributed by atoms with Crippen molar-refractivity contribution in [3.05, 3.63) is 34.2 Å². The number of benzene rings is 1. The Kier molecular flexibility index (Phi) is 4.87. The van der Waals surface area contributed by atoms with E-state index in [4.69, 9.17) is 16.3 Å². The van der Waals surface area contributed by atoms with E-state index in [1.807, 2.05) is 24.3 Å². The van der Waals surface area contributed by atoms with E-state index < -0.39 is 5.97 Å². The third-order valence-electron chi connectivity index (χ3n) is 4.06. The highest BCUT2D eigenvalue weighted by atomic mass is 35.5. The number of hydrogen-bond acceptors (Lipinski definition) is 4. The van der Waals surface area contributed by atoms with Gasteiger partial charge in [-0.3, -0.25) is 4.79 Å². The van der Waals surface area contributed by atoms with Crippen molar-refractivity contribution in [3.63, 3.8) is 0 Å². The number of halogens is 1. The van der Waals surface area contributed by atoms with E-state index in [0.717, 1.165) is 36.0 Å². The summed E-state index contributed by atoms with van der Waals surface area (Å²) in [5.74, 6) is -0.169. The molecule has 2 aromatic rings. The van der Waals surface area contributed by atoms with Crippen molar-refractivity contribution >= 4 is 44.9 Å². The van der Waals surface area contributed by atoms with Crippen LogP contribution in [-0.2, 0) is 9.53 Å². The van der Waals surface area contributed by atoms with Crippen LogP contribution in [0.15, 0.2) is 24.3 Å². The van der Waals surface area contributed by atoms with Gasteiger partial charge >= 0.3 is 5.97 Å². The van der Waals surface area contributed by atoms with Gasteiger partial charge in [0.05, 0.1) is 5.02 Å². The normalized spacial score (nSPS) is 18.2. The van der Waals surface area contributed by atoms with Crippen LogP contribution in [0.2, 0.25) is 5.02 Å². The molecule has 1 aromatic heterocycles. The average molecular weight is 352 g/mol. The molecule has 1 amide bonds. The molecule has 1 aliphatic heterocycles. The van der Waals surface area contributed by atoms with Crippen molar-refractivity contribution in [3.8, 4) is 0 Å². The summed E-state index contributed by atoms with van der Waals surface area (Å²) in [5, 5.41) is 1.23. The molecule has 4 nitrogen and oxygen atoms in total. The van der Waals surface area contributed by atoms with Crippen LogP contribution >= 0.6 is 22.9 Å². The lowest BCUT2D eigenvalue weighted by molar-refractivity contribution is -0.136. The molecule has 0 saturated carbocycles. The summed E-state index contributed by atoms with van der Waals surface area (Å²) in [6.07, 6.45) is 2.14. The maximum atomic E-state index is 12.2. The van der Waals surface area contributed by atoms with Gasteiger partial charge < -0.3 is 9.64 Å². The van der Waals surface area contributed by atoms with Crippen LogP contribution in [0.3, 0.4) is 0 Å². The summed E-state index contributed by atoms with van der Waals surface area (Å²) in [6, 6.07) is 7.54. The first-order chi connectivity index (χ1) is 11.1. The molecule has 0 radical (unpaired) electrons. The molecule has 1 aliphatic rings. The van der Waals surface area contributed by atoms with Crippen LogP contribution in [0.25, 0.3) is 10.1 Å². The highest BCUT2D eigenvalue weighted by Crippen LogP contribution is 2.35. The number of carbonyl (C=O) groups excluding carboxylic acids is 2. The van der Waals surface area contributed by atoms with Gasteiger partial charge in [0.15, 0.2) is 6.61 Å². The molecule has 0 aliphatic carbocycles. The first-order valence-electron chi connectivity index (χ1n) is 7.68. The van der Waals surface area contributed by atoms with E-state index in [-0.39, 0.29) is 12.5 Å². The number of piperidine rings is 1. The van der Waals surface area contributed by atoms with Gasteiger partial charge in [0.1, 0.15) is 4.88 Å². The fourth-order valence-electron chi connectivity index (χ4n) is 2.85. The number of nitrogens with zero attached hydrogens (tertiary/aromatic N) is 1. The van der Waals surface area contributed by atoms with Crippen molar-refractivity contribution in [2.45, 2.75) is 19.8 Å². The summed E-state index contributed by atoms with van der Waals surface area (Å²) in [7, 11) is 0. The quantitative estimate of drug-likeness (QED) is 0.786. The third-order valence-corrected chi connectivity index (χ3v) is 5.71. The number of carbonyl (C=O) groups is 2. The minimum Gasteiger partial charge on any atom is -0.451 e. The second-order valence-corrected chi connectivity index (χ2v) is 7.33. The lowest BCUT2D eigenvalue weighted by atomic mass is 10.0. The van der Waals surface area contributed by atoms with Gasteiger partial charge in [-0.15, -0.1) is 11.3 Å². The van der Waals surface area contributed by atoms with Crippen LogP contribution in [-0.4, -0.2) is 36.5 Å². The number of fused-ring (bicyclic) bond motifs is 1. The molecule has 3 rings (SSSR count). The minimum absolute atomic E-state index is 0.137. The van der Waals surface area contributed by atoms with Gasteiger partial charge in [-0.05, 0) is 24.8 Å². The Labute approximate surface area is 144 Å². The van der Waals surface area contributed by atoms with Crippen molar-refractivity contribution in [1.82, 2.24) is 4.90 Å². The number of esters is 1. The predicted molar refractivity (Wildman–Crippen MR) is 92.1 cm³/mol. The molecule has 1 atom stereocenters. The lowest BCUT2D eigenvalue weighted by Crippen LogP contribution is -2.41. The van der Waals surface area contributed by atoms with Gasteiger partial charge in [-0.1, -0.05) is 36.7 Å². The van der Waals surface area contributed by atoms with Crippen LogP contribution < -0.4 is 0 Å². The SMILES string of the molecule is C[C@@H]1CCCN(C(=O)COC(=O)c2sc3ccccc3c2Cl)C1. The van der Waals surface area contributed by atoms with Gasteiger partial charge in [0, 0.05) is 23.2 Å². The molecule has 6 heteroatoms. The van der Waals surface area contributed by atoms with Crippen LogP contribution in [0.1, 0.15) is 29.4 Å². The molecule has 0 bridgehead atoms. The van der Waals surface area contributed by atoms with Crippen molar-refractivity contribution in [2.24, 2.45) is 5.92 Å². The second kappa shape index (κ2) is 6.89.